The molecule has 1 fully saturated rings. The third kappa shape index (κ3) is 10.3. The third-order valence-corrected chi connectivity index (χ3v) is 9.32. The zero-order chi connectivity index (χ0) is 38.8. The average molecular weight is 737 g/mol. The minimum Gasteiger partial charge on any atom is -0.493 e. The minimum atomic E-state index is -0.461. The molecule has 6 rings (SSSR count). The van der Waals surface area contributed by atoms with E-state index in [1.807, 2.05) is 48.5 Å². The summed E-state index contributed by atoms with van der Waals surface area (Å²) in [6.45, 7) is 4.56. The average Bonchev–Trinajstić information content (AvgIpc) is 3.63. The van der Waals surface area contributed by atoms with Gasteiger partial charge in [0, 0.05) is 0 Å². The van der Waals surface area contributed by atoms with Crippen LogP contribution in [0.2, 0.25) is 0 Å². The number of hydrogen-bond acceptors (Lipinski definition) is 4. The standard InChI is InChI=1S/C35H26N4O4.C12H26/c40-32-30(33(41)37(27-18-8-2-9-19-27)36(32)26-16-6-1-7-17-26)24-14-5-15-25-31-34(42)38(28-20-10-3-11-21-28)39(35(31)43)29-22-12-4-13-23-29;1-3-5-7-9-11-12-10-8-6-4-2/h1-25,40H;3-12H2,1-2H3/b15-5+,24-14+;. The Balaban J connectivity index is 0.000000418. The summed E-state index contributed by atoms with van der Waals surface area (Å²) in [6, 6.07) is 36.1. The Labute approximate surface area is 324 Å². The van der Waals surface area contributed by atoms with E-state index < -0.39 is 17.4 Å². The lowest BCUT2D eigenvalue weighted by atomic mass is 10.1. The van der Waals surface area contributed by atoms with Crippen molar-refractivity contribution in [3.63, 3.8) is 0 Å². The van der Waals surface area contributed by atoms with Crippen molar-refractivity contribution >= 4 is 29.3 Å². The molecule has 0 aliphatic carbocycles. The molecule has 0 unspecified atom stereocenters. The van der Waals surface area contributed by atoms with Crippen molar-refractivity contribution in [1.29, 1.82) is 0 Å². The van der Waals surface area contributed by atoms with Gasteiger partial charge in [0.2, 0.25) is 5.88 Å². The van der Waals surface area contributed by atoms with Crippen molar-refractivity contribution in [3.05, 3.63) is 167 Å². The van der Waals surface area contributed by atoms with Gasteiger partial charge in [0.1, 0.15) is 11.1 Å². The molecule has 8 nitrogen and oxygen atoms in total. The van der Waals surface area contributed by atoms with Crippen LogP contribution in [-0.2, 0) is 9.59 Å². The normalized spacial score (nSPS) is 12.9. The van der Waals surface area contributed by atoms with Gasteiger partial charge < -0.3 is 5.11 Å². The number of allylic oxidation sites excluding steroid dienone is 4. The fraction of sp³-hybridized carbons (Fsp3) is 0.255. The monoisotopic (exact) mass is 736 g/mol. The molecule has 8 heteroatoms. The van der Waals surface area contributed by atoms with E-state index in [1.54, 1.807) is 91.0 Å². The lowest BCUT2D eigenvalue weighted by molar-refractivity contribution is -0.116. The Morgan fingerprint density at radius 3 is 1.27 bits per heavy atom. The molecule has 2 heterocycles. The summed E-state index contributed by atoms with van der Waals surface area (Å²) in [5.74, 6) is -1.14. The summed E-state index contributed by atoms with van der Waals surface area (Å²) in [6.07, 6.45) is 22.1. The maximum absolute atomic E-state index is 13.5. The van der Waals surface area contributed by atoms with E-state index in [1.165, 1.54) is 95.7 Å². The van der Waals surface area contributed by atoms with Crippen LogP contribution in [0.1, 0.15) is 83.6 Å². The molecule has 2 amide bonds. The summed E-state index contributed by atoms with van der Waals surface area (Å²) in [5.41, 5.74) is 2.00. The van der Waals surface area contributed by atoms with Gasteiger partial charge in [-0.15, -0.1) is 0 Å². The number of carbonyl (C=O) groups excluding carboxylic acids is 2. The first-order valence-corrected chi connectivity index (χ1v) is 19.5. The van der Waals surface area contributed by atoms with Gasteiger partial charge in [-0.1, -0.05) is 169 Å². The van der Waals surface area contributed by atoms with E-state index in [0.29, 0.717) is 22.7 Å². The molecule has 0 atom stereocenters. The number of hydrazine groups is 1. The second kappa shape index (κ2) is 20.9. The number of hydrogen-bond donors (Lipinski definition) is 1. The number of carbonyl (C=O) groups is 2. The molecule has 1 aliphatic heterocycles. The van der Waals surface area contributed by atoms with Crippen LogP contribution in [0, 0.1) is 0 Å². The highest BCUT2D eigenvalue weighted by Crippen LogP contribution is 2.31. The van der Waals surface area contributed by atoms with Gasteiger partial charge >= 0.3 is 0 Å². The van der Waals surface area contributed by atoms with Crippen LogP contribution in [0.5, 0.6) is 5.88 Å². The molecule has 0 radical (unpaired) electrons. The number of para-hydroxylation sites is 4. The maximum atomic E-state index is 13.5. The van der Waals surface area contributed by atoms with Crippen molar-refractivity contribution in [1.82, 2.24) is 9.36 Å². The van der Waals surface area contributed by atoms with E-state index in [9.17, 15) is 19.5 Å². The lowest BCUT2D eigenvalue weighted by Gasteiger charge is -2.27. The number of aromatic nitrogens is 2. The van der Waals surface area contributed by atoms with Crippen LogP contribution in [0.15, 0.2) is 156 Å². The molecule has 0 spiro atoms. The predicted octanol–water partition coefficient (Wildman–Crippen LogP) is 10.8. The number of aromatic hydroxyl groups is 1. The number of amides is 2. The quantitative estimate of drug-likeness (QED) is 0.0473. The smallest absolute Gasteiger partial charge is 0.283 e. The predicted molar refractivity (Wildman–Crippen MR) is 225 cm³/mol. The highest BCUT2D eigenvalue weighted by atomic mass is 16.3. The largest absolute Gasteiger partial charge is 0.493 e. The van der Waals surface area contributed by atoms with Gasteiger partial charge in [-0.05, 0) is 60.7 Å². The van der Waals surface area contributed by atoms with Gasteiger partial charge in [0.05, 0.1) is 22.7 Å². The zero-order valence-electron chi connectivity index (χ0n) is 32.0. The van der Waals surface area contributed by atoms with E-state index >= 15 is 0 Å². The number of unbranched alkanes of at least 4 members (excludes halogenated alkanes) is 9. The molecule has 1 aliphatic rings. The Bertz CT molecular complexity index is 2030. The first-order chi connectivity index (χ1) is 27.0. The highest BCUT2D eigenvalue weighted by molar-refractivity contribution is 6.36. The first kappa shape index (κ1) is 40.0. The van der Waals surface area contributed by atoms with Crippen LogP contribution in [-0.4, -0.2) is 26.3 Å². The maximum Gasteiger partial charge on any atom is 0.283 e. The molecule has 1 N–H and O–H groups in total. The van der Waals surface area contributed by atoms with E-state index in [2.05, 4.69) is 13.8 Å². The zero-order valence-corrected chi connectivity index (χ0v) is 32.0. The third-order valence-electron chi connectivity index (χ3n) is 9.32. The lowest BCUT2D eigenvalue weighted by Crippen LogP contribution is -2.41. The van der Waals surface area contributed by atoms with Gasteiger partial charge in [-0.2, -0.15) is 0 Å². The first-order valence-electron chi connectivity index (χ1n) is 19.5. The Morgan fingerprint density at radius 2 is 0.855 bits per heavy atom. The molecule has 55 heavy (non-hydrogen) atoms. The summed E-state index contributed by atoms with van der Waals surface area (Å²) >= 11 is 0. The molecule has 0 saturated carbocycles. The van der Waals surface area contributed by atoms with Gasteiger partial charge in [0.25, 0.3) is 17.4 Å². The summed E-state index contributed by atoms with van der Waals surface area (Å²) < 4.78 is 2.86. The second-order valence-electron chi connectivity index (χ2n) is 13.4. The fourth-order valence-corrected chi connectivity index (χ4v) is 6.44. The number of nitrogens with zero attached hydrogens (tertiary/aromatic N) is 4. The minimum absolute atomic E-state index is 0.0122. The van der Waals surface area contributed by atoms with Crippen LogP contribution < -0.4 is 15.6 Å². The van der Waals surface area contributed by atoms with E-state index in [4.69, 9.17) is 0 Å². The molecule has 1 aromatic heterocycles. The molecule has 5 aromatic rings. The summed E-state index contributed by atoms with van der Waals surface area (Å²) in [4.78, 5) is 40.4. The van der Waals surface area contributed by atoms with Crippen molar-refractivity contribution in [2.75, 3.05) is 10.0 Å². The molecule has 1 saturated heterocycles. The summed E-state index contributed by atoms with van der Waals surface area (Å²) in [5, 5.41) is 13.8. The molecule has 284 valence electrons. The molecular weight excluding hydrogens is 685 g/mol. The van der Waals surface area contributed by atoms with Crippen molar-refractivity contribution in [2.24, 2.45) is 0 Å². The van der Waals surface area contributed by atoms with Crippen LogP contribution in [0.3, 0.4) is 0 Å². The Hall–Kier alpha value is -6.15. The number of benzene rings is 4. The SMILES string of the molecule is CCCCCCCCCCCC.O=C1C(=C/C=C/C=C/c2c(O)n(-c3ccccc3)n(-c3ccccc3)c2=O)C(=O)N(c2ccccc2)N1c1ccccc1. The van der Waals surface area contributed by atoms with Gasteiger partial charge in [-0.3, -0.25) is 14.4 Å². The van der Waals surface area contributed by atoms with E-state index in [0.717, 1.165) is 0 Å². The topological polar surface area (TPSA) is 87.8 Å². The molecule has 4 aromatic carbocycles. The van der Waals surface area contributed by atoms with Crippen molar-refractivity contribution in [3.8, 4) is 17.3 Å². The number of rotatable bonds is 16. The van der Waals surface area contributed by atoms with Crippen LogP contribution in [0.25, 0.3) is 17.5 Å². The van der Waals surface area contributed by atoms with Crippen molar-refractivity contribution < 1.29 is 14.7 Å². The molecular formula is C47H52N4O4. The Kier molecular flexibility index (Phi) is 15.2. The van der Waals surface area contributed by atoms with Crippen LogP contribution in [0.4, 0.5) is 11.4 Å². The fourth-order valence-electron chi connectivity index (χ4n) is 6.44. The van der Waals surface area contributed by atoms with Gasteiger partial charge in [0.15, 0.2) is 0 Å². The Morgan fingerprint density at radius 1 is 0.473 bits per heavy atom. The van der Waals surface area contributed by atoms with Crippen molar-refractivity contribution in [2.45, 2.75) is 78.1 Å². The van der Waals surface area contributed by atoms with Crippen LogP contribution >= 0.6 is 0 Å². The number of anilines is 2. The summed E-state index contributed by atoms with van der Waals surface area (Å²) in [7, 11) is 0. The second-order valence-corrected chi connectivity index (χ2v) is 13.4. The van der Waals surface area contributed by atoms with E-state index in [-0.39, 0.29) is 17.0 Å². The molecule has 0 bridgehead atoms. The highest BCUT2D eigenvalue weighted by Gasteiger charge is 2.42. The van der Waals surface area contributed by atoms with Gasteiger partial charge in [-0.25, -0.2) is 19.4 Å².